The fourth-order valence-electron chi connectivity index (χ4n) is 3.96. The van der Waals surface area contributed by atoms with Crippen LogP contribution in [0.25, 0.3) is 11.4 Å². The van der Waals surface area contributed by atoms with Gasteiger partial charge in [0.2, 0.25) is 0 Å². The van der Waals surface area contributed by atoms with Gasteiger partial charge in [-0.15, -0.1) is 0 Å². The Morgan fingerprint density at radius 2 is 2.46 bits per heavy atom. The third kappa shape index (κ3) is 2.44. The van der Waals surface area contributed by atoms with Crippen molar-refractivity contribution in [2.45, 2.75) is 18.6 Å². The van der Waals surface area contributed by atoms with Crippen LogP contribution in [0.15, 0.2) is 24.4 Å². The fraction of sp³-hybridized carbons (Fsp3) is 0.529. The highest BCUT2D eigenvalue weighted by molar-refractivity contribution is 5.93. The fourth-order valence-corrected chi connectivity index (χ4v) is 3.96. The van der Waals surface area contributed by atoms with Crippen molar-refractivity contribution in [2.24, 2.45) is 18.9 Å². The lowest BCUT2D eigenvalue weighted by Gasteiger charge is -2.47. The number of carbonyl (C=O) groups is 1. The highest BCUT2D eigenvalue weighted by Gasteiger charge is 2.54. The molecule has 0 spiro atoms. The van der Waals surface area contributed by atoms with E-state index in [-0.39, 0.29) is 24.0 Å². The molecule has 1 aliphatic heterocycles. The van der Waals surface area contributed by atoms with E-state index in [2.05, 4.69) is 15.5 Å². The summed E-state index contributed by atoms with van der Waals surface area (Å²) in [6.07, 6.45) is 3.16. The van der Waals surface area contributed by atoms with Crippen LogP contribution < -0.4 is 5.32 Å². The molecule has 2 fully saturated rings. The third-order valence-corrected chi connectivity index (χ3v) is 5.21. The van der Waals surface area contributed by atoms with Gasteiger partial charge in [-0.05, 0) is 24.6 Å². The van der Waals surface area contributed by atoms with Crippen LogP contribution in [0.5, 0.6) is 0 Å². The van der Waals surface area contributed by atoms with E-state index in [0.29, 0.717) is 18.2 Å². The molecule has 1 saturated carbocycles. The van der Waals surface area contributed by atoms with Crippen molar-refractivity contribution in [1.82, 2.24) is 20.1 Å². The predicted molar refractivity (Wildman–Crippen MR) is 87.5 cm³/mol. The number of nitrogens with zero attached hydrogens (tertiary/aromatic N) is 2. The molecule has 1 aliphatic carbocycles. The second-order valence-corrected chi connectivity index (χ2v) is 6.58. The van der Waals surface area contributed by atoms with Crippen molar-refractivity contribution < 1.29 is 14.3 Å². The SMILES string of the molecule is COC[C@H]1[C@@H](NC(=O)c2cc(-c3cccn3C)n[nH]2)[C@H]2CCO[C@H]21. The van der Waals surface area contributed by atoms with E-state index in [1.165, 1.54) is 0 Å². The molecule has 128 valence electrons. The number of H-pyrrole nitrogens is 1. The molecule has 2 aromatic rings. The molecule has 1 saturated heterocycles. The number of rotatable bonds is 5. The molecule has 4 rings (SSSR count). The summed E-state index contributed by atoms with van der Waals surface area (Å²) in [5.74, 6) is 0.491. The number of aryl methyl sites for hydroxylation is 1. The number of amides is 1. The maximum absolute atomic E-state index is 12.6. The van der Waals surface area contributed by atoms with E-state index in [4.69, 9.17) is 9.47 Å². The molecule has 7 nitrogen and oxygen atoms in total. The van der Waals surface area contributed by atoms with Gasteiger partial charge in [0.15, 0.2) is 0 Å². The second-order valence-electron chi connectivity index (χ2n) is 6.58. The summed E-state index contributed by atoms with van der Waals surface area (Å²) in [4.78, 5) is 12.6. The molecule has 7 heteroatoms. The Morgan fingerprint density at radius 1 is 1.58 bits per heavy atom. The Balaban J connectivity index is 1.47. The number of ether oxygens (including phenoxy) is 2. The van der Waals surface area contributed by atoms with E-state index in [1.54, 1.807) is 13.2 Å². The van der Waals surface area contributed by atoms with E-state index in [9.17, 15) is 4.79 Å². The summed E-state index contributed by atoms with van der Waals surface area (Å²) in [5, 5.41) is 10.2. The van der Waals surface area contributed by atoms with Gasteiger partial charge in [-0.2, -0.15) is 5.10 Å². The van der Waals surface area contributed by atoms with Crippen LogP contribution in [0, 0.1) is 11.8 Å². The molecule has 0 radical (unpaired) electrons. The summed E-state index contributed by atoms with van der Waals surface area (Å²) in [5.41, 5.74) is 2.21. The Bertz CT molecular complexity index is 738. The molecule has 0 aromatic carbocycles. The number of nitrogens with one attached hydrogen (secondary N) is 2. The second kappa shape index (κ2) is 6.07. The van der Waals surface area contributed by atoms with Crippen LogP contribution in [0.1, 0.15) is 16.9 Å². The van der Waals surface area contributed by atoms with E-state index >= 15 is 0 Å². The minimum absolute atomic E-state index is 0.103. The largest absolute Gasteiger partial charge is 0.384 e. The van der Waals surface area contributed by atoms with Gasteiger partial charge in [-0.25, -0.2) is 0 Å². The number of hydrogen-bond acceptors (Lipinski definition) is 4. The van der Waals surface area contributed by atoms with Gasteiger partial charge >= 0.3 is 0 Å². The van der Waals surface area contributed by atoms with Crippen LogP contribution in [0.4, 0.5) is 0 Å². The Kier molecular flexibility index (Phi) is 3.90. The molecule has 0 unspecified atom stereocenters. The quantitative estimate of drug-likeness (QED) is 0.863. The van der Waals surface area contributed by atoms with Crippen LogP contribution in [0.3, 0.4) is 0 Å². The lowest BCUT2D eigenvalue weighted by molar-refractivity contribution is -0.0810. The molecule has 4 atom stereocenters. The van der Waals surface area contributed by atoms with Crippen LogP contribution >= 0.6 is 0 Å². The van der Waals surface area contributed by atoms with Gasteiger partial charge in [-0.1, -0.05) is 0 Å². The minimum atomic E-state index is -0.126. The van der Waals surface area contributed by atoms with E-state index < -0.39 is 0 Å². The summed E-state index contributed by atoms with van der Waals surface area (Å²) in [7, 11) is 3.63. The summed E-state index contributed by atoms with van der Waals surface area (Å²) < 4.78 is 13.0. The first kappa shape index (κ1) is 15.4. The Morgan fingerprint density at radius 3 is 3.21 bits per heavy atom. The number of aromatic nitrogens is 3. The highest BCUT2D eigenvalue weighted by Crippen LogP contribution is 2.43. The topological polar surface area (TPSA) is 81.2 Å². The summed E-state index contributed by atoms with van der Waals surface area (Å²) >= 11 is 0. The normalized spacial score (nSPS) is 28.4. The molecular formula is C17H22N4O3. The summed E-state index contributed by atoms with van der Waals surface area (Å²) in [6, 6.07) is 5.82. The lowest BCUT2D eigenvalue weighted by Crippen LogP contribution is -2.62. The van der Waals surface area contributed by atoms with Crippen LogP contribution in [-0.2, 0) is 16.5 Å². The molecule has 2 N–H and O–H groups in total. The molecule has 1 amide bonds. The maximum atomic E-state index is 12.6. The Labute approximate surface area is 140 Å². The van der Waals surface area contributed by atoms with Crippen molar-refractivity contribution in [1.29, 1.82) is 0 Å². The number of methoxy groups -OCH3 is 1. The van der Waals surface area contributed by atoms with Gasteiger partial charge in [-0.3, -0.25) is 9.89 Å². The van der Waals surface area contributed by atoms with Gasteiger partial charge in [0, 0.05) is 44.8 Å². The summed E-state index contributed by atoms with van der Waals surface area (Å²) in [6.45, 7) is 1.37. The van der Waals surface area contributed by atoms with Crippen molar-refractivity contribution in [3.05, 3.63) is 30.1 Å². The zero-order valence-corrected chi connectivity index (χ0v) is 13.9. The minimum Gasteiger partial charge on any atom is -0.384 e. The number of fused-ring (bicyclic) bond motifs is 1. The lowest BCUT2D eigenvalue weighted by atomic mass is 9.67. The first-order valence-electron chi connectivity index (χ1n) is 8.27. The first-order chi connectivity index (χ1) is 11.7. The van der Waals surface area contributed by atoms with E-state index in [1.807, 2.05) is 29.9 Å². The zero-order valence-electron chi connectivity index (χ0n) is 13.9. The Hall–Kier alpha value is -2.12. The van der Waals surface area contributed by atoms with Crippen molar-refractivity contribution in [3.8, 4) is 11.4 Å². The third-order valence-electron chi connectivity index (χ3n) is 5.21. The standard InChI is InChI=1S/C17H22N4O3/c1-21-6-3-4-14(21)12-8-13(20-19-12)17(22)18-15-10-5-7-24-16(10)11(15)9-23-2/h3-4,6,8,10-11,15-16H,5,7,9H2,1-2H3,(H,18,22)(H,19,20)/t10-,11+,15+,16-/m1/s1. The maximum Gasteiger partial charge on any atom is 0.269 e. The van der Waals surface area contributed by atoms with Crippen molar-refractivity contribution in [3.63, 3.8) is 0 Å². The average molecular weight is 330 g/mol. The molecular weight excluding hydrogens is 308 g/mol. The van der Waals surface area contributed by atoms with Gasteiger partial charge in [0.25, 0.3) is 5.91 Å². The van der Waals surface area contributed by atoms with Crippen molar-refractivity contribution in [2.75, 3.05) is 20.3 Å². The first-order valence-corrected chi connectivity index (χ1v) is 8.27. The molecule has 0 bridgehead atoms. The molecule has 2 aromatic heterocycles. The number of hydrogen-bond donors (Lipinski definition) is 2. The number of carbonyl (C=O) groups excluding carboxylic acids is 1. The smallest absolute Gasteiger partial charge is 0.269 e. The van der Waals surface area contributed by atoms with Gasteiger partial charge < -0.3 is 19.4 Å². The highest BCUT2D eigenvalue weighted by atomic mass is 16.5. The average Bonchev–Trinajstić information content (AvgIpc) is 3.29. The monoisotopic (exact) mass is 330 g/mol. The number of aromatic amines is 1. The van der Waals surface area contributed by atoms with E-state index in [0.717, 1.165) is 24.4 Å². The molecule has 24 heavy (non-hydrogen) atoms. The molecule has 2 aliphatic rings. The van der Waals surface area contributed by atoms with Gasteiger partial charge in [0.05, 0.1) is 18.4 Å². The van der Waals surface area contributed by atoms with Gasteiger partial charge in [0.1, 0.15) is 11.4 Å². The zero-order chi connectivity index (χ0) is 16.7. The van der Waals surface area contributed by atoms with Crippen LogP contribution in [0.2, 0.25) is 0 Å². The predicted octanol–water partition coefficient (Wildman–Crippen LogP) is 1.19. The molecule has 3 heterocycles. The van der Waals surface area contributed by atoms with Crippen molar-refractivity contribution >= 4 is 5.91 Å². The van der Waals surface area contributed by atoms with Crippen LogP contribution in [-0.4, -0.2) is 53.1 Å².